The van der Waals surface area contributed by atoms with Crippen LogP contribution in [0.5, 0.6) is 0 Å². The zero-order valence-electron chi connectivity index (χ0n) is 5.37. The Labute approximate surface area is 65.6 Å². The number of fused-ring (bicyclic) bond motifs is 1. The highest BCUT2D eigenvalue weighted by Gasteiger charge is 2.07. The highest BCUT2D eigenvalue weighted by atomic mass is 32.1. The fourth-order valence-corrected chi connectivity index (χ4v) is 1.48. The monoisotopic (exact) mass is 168 g/mol. The Kier molecular flexibility index (Phi) is 1.19. The van der Waals surface area contributed by atoms with Gasteiger partial charge in [-0.1, -0.05) is 0 Å². The summed E-state index contributed by atoms with van der Waals surface area (Å²) >= 11 is 1.31. The Hall–Kier alpha value is -1.36. The van der Waals surface area contributed by atoms with Crippen molar-refractivity contribution in [3.8, 4) is 0 Å². The number of aromatic nitrogens is 2. The van der Waals surface area contributed by atoms with Gasteiger partial charge in [0.05, 0.1) is 0 Å². The van der Waals surface area contributed by atoms with Gasteiger partial charge in [0.15, 0.2) is 5.65 Å². The molecular formula is C6H4N2O2S. The molecule has 2 rings (SSSR count). The first-order chi connectivity index (χ1) is 5.27. The molecule has 2 aromatic rings. The standard InChI is InChI=1S/C6H4N2O2S/c9-6(10)4-1-3-2-11-8-5(3)7-4/h1-2H,(H,7,8)(H,9,10). The third-order valence-corrected chi connectivity index (χ3v) is 2.03. The van der Waals surface area contributed by atoms with Crippen LogP contribution in [-0.2, 0) is 0 Å². The number of H-pyrrole nitrogens is 1. The minimum atomic E-state index is -0.951. The summed E-state index contributed by atoms with van der Waals surface area (Å²) in [7, 11) is 0. The van der Waals surface area contributed by atoms with E-state index in [-0.39, 0.29) is 5.69 Å². The minimum absolute atomic E-state index is 0.190. The summed E-state index contributed by atoms with van der Waals surface area (Å²) in [5.74, 6) is -0.951. The maximum atomic E-state index is 10.4. The van der Waals surface area contributed by atoms with Gasteiger partial charge in [-0.2, -0.15) is 4.37 Å². The van der Waals surface area contributed by atoms with Crippen molar-refractivity contribution in [2.45, 2.75) is 0 Å². The van der Waals surface area contributed by atoms with Crippen LogP contribution in [0.25, 0.3) is 11.0 Å². The maximum Gasteiger partial charge on any atom is 0.352 e. The van der Waals surface area contributed by atoms with E-state index in [0.29, 0.717) is 5.65 Å². The van der Waals surface area contributed by atoms with E-state index in [1.165, 1.54) is 11.5 Å². The molecule has 0 saturated carbocycles. The molecule has 2 aromatic heterocycles. The van der Waals surface area contributed by atoms with Gasteiger partial charge in [-0.25, -0.2) is 4.79 Å². The summed E-state index contributed by atoms with van der Waals surface area (Å²) in [6, 6.07) is 1.57. The summed E-state index contributed by atoms with van der Waals surface area (Å²) in [6.45, 7) is 0. The number of carbonyl (C=O) groups is 1. The van der Waals surface area contributed by atoms with Crippen LogP contribution < -0.4 is 0 Å². The smallest absolute Gasteiger partial charge is 0.352 e. The van der Waals surface area contributed by atoms with Gasteiger partial charge in [0, 0.05) is 10.8 Å². The van der Waals surface area contributed by atoms with Crippen LogP contribution in [-0.4, -0.2) is 20.4 Å². The predicted octanol–water partition coefficient (Wildman–Crippen LogP) is 1.32. The molecule has 56 valence electrons. The lowest BCUT2D eigenvalue weighted by atomic mass is 10.4. The number of rotatable bonds is 1. The number of nitrogens with zero attached hydrogens (tertiary/aromatic N) is 1. The number of carboxylic acids is 1. The van der Waals surface area contributed by atoms with Gasteiger partial charge in [0.1, 0.15) is 5.69 Å². The number of nitrogens with one attached hydrogen (secondary N) is 1. The SMILES string of the molecule is O=C(O)c1cc2csnc2[nH]1. The van der Waals surface area contributed by atoms with Crippen molar-refractivity contribution < 1.29 is 9.90 Å². The normalized spacial score (nSPS) is 10.5. The maximum absolute atomic E-state index is 10.4. The third kappa shape index (κ3) is 0.894. The molecule has 0 bridgehead atoms. The first kappa shape index (κ1) is 6.36. The summed E-state index contributed by atoms with van der Waals surface area (Å²) in [5, 5.41) is 11.2. The Morgan fingerprint density at radius 2 is 2.55 bits per heavy atom. The molecule has 11 heavy (non-hydrogen) atoms. The van der Waals surface area contributed by atoms with E-state index in [1.54, 1.807) is 11.4 Å². The van der Waals surface area contributed by atoms with Crippen molar-refractivity contribution in [3.05, 3.63) is 17.1 Å². The lowest BCUT2D eigenvalue weighted by molar-refractivity contribution is 0.0691. The quantitative estimate of drug-likeness (QED) is 0.674. The molecule has 0 atom stereocenters. The molecule has 2 N–H and O–H groups in total. The van der Waals surface area contributed by atoms with E-state index in [1.807, 2.05) is 0 Å². The summed E-state index contributed by atoms with van der Waals surface area (Å²) < 4.78 is 3.94. The number of aromatic carboxylic acids is 1. The van der Waals surface area contributed by atoms with E-state index in [9.17, 15) is 4.79 Å². The highest BCUT2D eigenvalue weighted by molar-refractivity contribution is 7.04. The van der Waals surface area contributed by atoms with E-state index >= 15 is 0 Å². The molecule has 0 aliphatic carbocycles. The molecule has 0 radical (unpaired) electrons. The van der Waals surface area contributed by atoms with Crippen molar-refractivity contribution in [2.75, 3.05) is 0 Å². The van der Waals surface area contributed by atoms with Crippen molar-refractivity contribution in [2.24, 2.45) is 0 Å². The molecule has 0 aliphatic heterocycles. The lowest BCUT2D eigenvalue weighted by Crippen LogP contribution is -1.94. The predicted molar refractivity (Wildman–Crippen MR) is 40.9 cm³/mol. The van der Waals surface area contributed by atoms with Crippen LogP contribution in [0.2, 0.25) is 0 Å². The minimum Gasteiger partial charge on any atom is -0.477 e. The summed E-state index contributed by atoms with van der Waals surface area (Å²) in [5.41, 5.74) is 0.836. The van der Waals surface area contributed by atoms with Gasteiger partial charge in [-0.15, -0.1) is 0 Å². The van der Waals surface area contributed by atoms with Crippen LogP contribution in [0.4, 0.5) is 0 Å². The van der Waals surface area contributed by atoms with Crippen LogP contribution >= 0.6 is 11.5 Å². The second-order valence-corrected chi connectivity index (χ2v) is 2.74. The Morgan fingerprint density at radius 1 is 1.73 bits per heavy atom. The molecule has 0 aliphatic rings. The number of aromatic amines is 1. The summed E-state index contributed by atoms with van der Waals surface area (Å²) in [4.78, 5) is 13.1. The number of carboxylic acid groups (broad SMARTS) is 1. The van der Waals surface area contributed by atoms with E-state index in [0.717, 1.165) is 5.39 Å². The molecule has 0 spiro atoms. The van der Waals surface area contributed by atoms with Crippen LogP contribution in [0.15, 0.2) is 11.4 Å². The van der Waals surface area contributed by atoms with Gasteiger partial charge in [0.2, 0.25) is 0 Å². The van der Waals surface area contributed by atoms with Gasteiger partial charge in [0.25, 0.3) is 0 Å². The molecule has 0 amide bonds. The molecule has 0 aromatic carbocycles. The van der Waals surface area contributed by atoms with Crippen LogP contribution in [0.3, 0.4) is 0 Å². The zero-order chi connectivity index (χ0) is 7.84. The Balaban J connectivity index is 2.67. The molecule has 2 heterocycles. The molecular weight excluding hydrogens is 164 g/mol. The largest absolute Gasteiger partial charge is 0.477 e. The van der Waals surface area contributed by atoms with Crippen LogP contribution in [0, 0.1) is 0 Å². The number of hydrogen-bond donors (Lipinski definition) is 2. The van der Waals surface area contributed by atoms with E-state index in [4.69, 9.17) is 5.11 Å². The van der Waals surface area contributed by atoms with Crippen molar-refractivity contribution in [3.63, 3.8) is 0 Å². The fourth-order valence-electron chi connectivity index (χ4n) is 0.876. The average molecular weight is 168 g/mol. The topological polar surface area (TPSA) is 66.0 Å². The highest BCUT2D eigenvalue weighted by Crippen LogP contribution is 2.15. The second-order valence-electron chi connectivity index (χ2n) is 2.11. The zero-order valence-corrected chi connectivity index (χ0v) is 6.18. The Morgan fingerprint density at radius 3 is 3.18 bits per heavy atom. The van der Waals surface area contributed by atoms with Gasteiger partial charge >= 0.3 is 5.97 Å². The van der Waals surface area contributed by atoms with Gasteiger partial charge in [-0.05, 0) is 17.6 Å². The van der Waals surface area contributed by atoms with Crippen LogP contribution in [0.1, 0.15) is 10.5 Å². The molecule has 0 unspecified atom stereocenters. The van der Waals surface area contributed by atoms with Crippen molar-refractivity contribution in [1.82, 2.24) is 9.36 Å². The van der Waals surface area contributed by atoms with Gasteiger partial charge < -0.3 is 10.1 Å². The third-order valence-electron chi connectivity index (χ3n) is 1.38. The van der Waals surface area contributed by atoms with E-state index < -0.39 is 5.97 Å². The van der Waals surface area contributed by atoms with Crippen molar-refractivity contribution >= 4 is 28.5 Å². The fraction of sp³-hybridized carbons (Fsp3) is 0. The van der Waals surface area contributed by atoms with Crippen molar-refractivity contribution in [1.29, 1.82) is 0 Å². The van der Waals surface area contributed by atoms with E-state index in [2.05, 4.69) is 9.36 Å². The number of hydrogen-bond acceptors (Lipinski definition) is 3. The first-order valence-electron chi connectivity index (χ1n) is 2.94. The molecule has 4 nitrogen and oxygen atoms in total. The Bertz CT molecular complexity index is 375. The average Bonchev–Trinajstić information content (AvgIpc) is 2.40. The molecule has 0 fully saturated rings. The second kappa shape index (κ2) is 2.06. The first-order valence-corrected chi connectivity index (χ1v) is 3.77. The lowest BCUT2D eigenvalue weighted by Gasteiger charge is -1.82. The summed E-state index contributed by atoms with van der Waals surface area (Å²) in [6.07, 6.45) is 0. The molecule has 5 heteroatoms. The van der Waals surface area contributed by atoms with Gasteiger partial charge in [-0.3, -0.25) is 0 Å². The molecule has 0 saturated heterocycles.